The van der Waals surface area contributed by atoms with Gasteiger partial charge in [-0.15, -0.1) is 0 Å². The van der Waals surface area contributed by atoms with E-state index in [1.54, 1.807) is 37.0 Å². The number of fused-ring (bicyclic) bond motifs is 1. The number of aromatic nitrogens is 2. The molecular weight excluding hydrogens is 304 g/mol. The van der Waals surface area contributed by atoms with Gasteiger partial charge < -0.3 is 14.6 Å². The Hall–Kier alpha value is -2.89. The van der Waals surface area contributed by atoms with Gasteiger partial charge in [0.15, 0.2) is 0 Å². The lowest BCUT2D eigenvalue weighted by Crippen LogP contribution is -2.45. The minimum atomic E-state index is -0.0362. The maximum atomic E-state index is 12.2. The molecular formula is C18H18N4O2. The summed E-state index contributed by atoms with van der Waals surface area (Å²) >= 11 is 0. The molecule has 6 heteroatoms. The molecule has 3 aromatic heterocycles. The third-order valence-electron chi connectivity index (χ3n) is 4.43. The number of furan rings is 1. The van der Waals surface area contributed by atoms with E-state index < -0.39 is 0 Å². The van der Waals surface area contributed by atoms with Crippen molar-refractivity contribution in [3.63, 3.8) is 0 Å². The predicted octanol–water partition coefficient (Wildman–Crippen LogP) is 2.62. The van der Waals surface area contributed by atoms with Crippen molar-refractivity contribution in [3.05, 3.63) is 54.7 Å². The first-order chi connectivity index (χ1) is 11.8. The Morgan fingerprint density at radius 3 is 2.71 bits per heavy atom. The fourth-order valence-electron chi connectivity index (χ4n) is 3.14. The Balaban J connectivity index is 1.40. The van der Waals surface area contributed by atoms with E-state index in [9.17, 15) is 4.79 Å². The van der Waals surface area contributed by atoms with Gasteiger partial charge in [-0.05, 0) is 37.1 Å². The van der Waals surface area contributed by atoms with Gasteiger partial charge in [-0.25, -0.2) is 4.98 Å². The minimum Gasteiger partial charge on any atom is -0.464 e. The molecule has 0 spiro atoms. The highest BCUT2D eigenvalue weighted by molar-refractivity contribution is 5.94. The summed E-state index contributed by atoms with van der Waals surface area (Å²) < 4.78 is 5.44. The second-order valence-corrected chi connectivity index (χ2v) is 5.94. The normalized spacial score (nSPS) is 15.6. The Kier molecular flexibility index (Phi) is 3.86. The first kappa shape index (κ1) is 14.7. The van der Waals surface area contributed by atoms with Crippen LogP contribution in [0.5, 0.6) is 0 Å². The summed E-state index contributed by atoms with van der Waals surface area (Å²) in [5, 5.41) is 4.15. The summed E-state index contributed by atoms with van der Waals surface area (Å²) in [5.41, 5.74) is 1.50. The maximum absolute atomic E-state index is 12.2. The van der Waals surface area contributed by atoms with Crippen LogP contribution in [0.2, 0.25) is 0 Å². The molecule has 0 bridgehead atoms. The Bertz CT molecular complexity index is 838. The third-order valence-corrected chi connectivity index (χ3v) is 4.43. The smallest absolute Gasteiger partial charge is 0.251 e. The van der Waals surface area contributed by atoms with Gasteiger partial charge >= 0.3 is 0 Å². The molecule has 3 aromatic rings. The molecule has 1 fully saturated rings. The number of amides is 1. The number of rotatable bonds is 3. The summed E-state index contributed by atoms with van der Waals surface area (Å²) in [7, 11) is 0. The van der Waals surface area contributed by atoms with Crippen molar-refractivity contribution in [2.45, 2.75) is 18.9 Å². The lowest BCUT2D eigenvalue weighted by molar-refractivity contribution is 0.0931. The van der Waals surface area contributed by atoms with E-state index in [2.05, 4.69) is 20.2 Å². The van der Waals surface area contributed by atoms with E-state index >= 15 is 0 Å². The number of carbonyl (C=O) groups excluding carboxylic acids is 1. The van der Waals surface area contributed by atoms with Crippen molar-refractivity contribution >= 4 is 22.7 Å². The number of carbonyl (C=O) groups is 1. The van der Waals surface area contributed by atoms with Gasteiger partial charge in [0.1, 0.15) is 11.4 Å². The maximum Gasteiger partial charge on any atom is 0.251 e. The molecule has 1 saturated heterocycles. The summed E-state index contributed by atoms with van der Waals surface area (Å²) in [6.07, 6.45) is 8.53. The van der Waals surface area contributed by atoms with Crippen LogP contribution in [0.4, 0.5) is 5.82 Å². The molecule has 1 amide bonds. The fraction of sp³-hybridized carbons (Fsp3) is 0.278. The fourth-order valence-corrected chi connectivity index (χ4v) is 3.14. The average Bonchev–Trinajstić information content (AvgIpc) is 3.12. The zero-order chi connectivity index (χ0) is 16.4. The summed E-state index contributed by atoms with van der Waals surface area (Å²) in [4.78, 5) is 22.9. The Morgan fingerprint density at radius 1 is 1.12 bits per heavy atom. The Labute approximate surface area is 139 Å². The number of hydrogen-bond acceptors (Lipinski definition) is 5. The van der Waals surface area contributed by atoms with Crippen LogP contribution in [-0.4, -0.2) is 35.0 Å². The first-order valence-electron chi connectivity index (χ1n) is 8.09. The molecule has 122 valence electrons. The van der Waals surface area contributed by atoms with E-state index in [1.807, 2.05) is 12.1 Å². The topological polar surface area (TPSA) is 71.3 Å². The lowest BCUT2D eigenvalue weighted by Gasteiger charge is -2.33. The van der Waals surface area contributed by atoms with Gasteiger partial charge in [-0.3, -0.25) is 9.78 Å². The monoisotopic (exact) mass is 322 g/mol. The standard InChI is InChI=1S/C18H18N4O2/c23-18(13-1-7-19-8-2-13)21-14-4-10-22(11-5-14)17-15-6-12-24-16(15)3-9-20-17/h1-3,6-9,12,14H,4-5,10-11H2,(H,21,23). The lowest BCUT2D eigenvalue weighted by atomic mass is 10.0. The van der Waals surface area contributed by atoms with Gasteiger partial charge in [0, 0.05) is 43.3 Å². The highest BCUT2D eigenvalue weighted by Crippen LogP contribution is 2.27. The van der Waals surface area contributed by atoms with Gasteiger partial charge in [-0.1, -0.05) is 0 Å². The summed E-state index contributed by atoms with van der Waals surface area (Å²) in [5.74, 6) is 0.922. The molecule has 0 radical (unpaired) electrons. The molecule has 0 atom stereocenters. The molecule has 0 saturated carbocycles. The number of hydrogen-bond donors (Lipinski definition) is 1. The van der Waals surface area contributed by atoms with E-state index in [4.69, 9.17) is 4.42 Å². The second-order valence-electron chi connectivity index (χ2n) is 5.94. The molecule has 0 aromatic carbocycles. The average molecular weight is 322 g/mol. The summed E-state index contributed by atoms with van der Waals surface area (Å²) in [6, 6.07) is 7.47. The van der Waals surface area contributed by atoms with E-state index in [1.165, 1.54) is 0 Å². The number of piperidine rings is 1. The van der Waals surface area contributed by atoms with Crippen molar-refractivity contribution < 1.29 is 9.21 Å². The quantitative estimate of drug-likeness (QED) is 0.802. The largest absolute Gasteiger partial charge is 0.464 e. The summed E-state index contributed by atoms with van der Waals surface area (Å²) in [6.45, 7) is 1.72. The minimum absolute atomic E-state index is 0.0362. The first-order valence-corrected chi connectivity index (χ1v) is 8.09. The van der Waals surface area contributed by atoms with Crippen LogP contribution in [0, 0.1) is 0 Å². The molecule has 24 heavy (non-hydrogen) atoms. The third kappa shape index (κ3) is 2.82. The van der Waals surface area contributed by atoms with Crippen LogP contribution in [-0.2, 0) is 0 Å². The SMILES string of the molecule is O=C(NC1CCN(c2nccc3occc23)CC1)c1ccncc1. The van der Waals surface area contributed by atoms with E-state index in [-0.39, 0.29) is 11.9 Å². The second kappa shape index (κ2) is 6.31. The van der Waals surface area contributed by atoms with Gasteiger partial charge in [0.05, 0.1) is 11.6 Å². The van der Waals surface area contributed by atoms with Crippen LogP contribution in [0.3, 0.4) is 0 Å². The molecule has 0 unspecified atom stereocenters. The molecule has 4 heterocycles. The zero-order valence-corrected chi connectivity index (χ0v) is 13.2. The zero-order valence-electron chi connectivity index (χ0n) is 13.2. The number of nitrogens with zero attached hydrogens (tertiary/aromatic N) is 3. The Morgan fingerprint density at radius 2 is 1.92 bits per heavy atom. The van der Waals surface area contributed by atoms with Gasteiger partial charge in [0.25, 0.3) is 5.91 Å². The van der Waals surface area contributed by atoms with Gasteiger partial charge in [-0.2, -0.15) is 0 Å². The molecule has 6 nitrogen and oxygen atoms in total. The number of pyridine rings is 2. The molecule has 1 aliphatic heterocycles. The molecule has 1 aliphatic rings. The van der Waals surface area contributed by atoms with Crippen molar-refractivity contribution in [2.75, 3.05) is 18.0 Å². The van der Waals surface area contributed by atoms with Crippen LogP contribution in [0.15, 0.2) is 53.5 Å². The van der Waals surface area contributed by atoms with Crippen LogP contribution < -0.4 is 10.2 Å². The number of anilines is 1. The highest BCUT2D eigenvalue weighted by atomic mass is 16.3. The highest BCUT2D eigenvalue weighted by Gasteiger charge is 2.23. The predicted molar refractivity (Wildman–Crippen MR) is 90.9 cm³/mol. The van der Waals surface area contributed by atoms with E-state index in [0.717, 1.165) is 42.7 Å². The van der Waals surface area contributed by atoms with Crippen molar-refractivity contribution in [1.29, 1.82) is 0 Å². The molecule has 1 N–H and O–H groups in total. The van der Waals surface area contributed by atoms with Crippen LogP contribution in [0.25, 0.3) is 11.0 Å². The van der Waals surface area contributed by atoms with Crippen LogP contribution in [0.1, 0.15) is 23.2 Å². The van der Waals surface area contributed by atoms with Crippen LogP contribution >= 0.6 is 0 Å². The van der Waals surface area contributed by atoms with Crippen molar-refractivity contribution in [2.24, 2.45) is 0 Å². The molecule has 0 aliphatic carbocycles. The van der Waals surface area contributed by atoms with Crippen molar-refractivity contribution in [3.8, 4) is 0 Å². The van der Waals surface area contributed by atoms with E-state index in [0.29, 0.717) is 5.56 Å². The van der Waals surface area contributed by atoms with Gasteiger partial charge in [0.2, 0.25) is 0 Å². The van der Waals surface area contributed by atoms with Crippen molar-refractivity contribution in [1.82, 2.24) is 15.3 Å². The number of nitrogens with one attached hydrogen (secondary N) is 1. The molecule has 4 rings (SSSR count).